The molecule has 24 heavy (non-hydrogen) atoms. The van der Waals surface area contributed by atoms with Crippen LogP contribution >= 0.6 is 0 Å². The number of fused-ring (bicyclic) bond motifs is 1. The van der Waals surface area contributed by atoms with Crippen LogP contribution in [-0.4, -0.2) is 19.2 Å². The van der Waals surface area contributed by atoms with E-state index in [-0.39, 0.29) is 12.7 Å². The summed E-state index contributed by atoms with van der Waals surface area (Å²) in [4.78, 5) is 12.0. The minimum absolute atomic E-state index is 0.0190. The molecule has 5 heteroatoms. The van der Waals surface area contributed by atoms with Crippen LogP contribution in [0.15, 0.2) is 36.4 Å². The summed E-state index contributed by atoms with van der Waals surface area (Å²) in [6, 6.07) is 11.8. The second-order valence-electron chi connectivity index (χ2n) is 5.89. The van der Waals surface area contributed by atoms with E-state index in [0.717, 1.165) is 22.7 Å². The third kappa shape index (κ3) is 3.79. The molecule has 5 nitrogen and oxygen atoms in total. The van der Waals surface area contributed by atoms with Gasteiger partial charge in [-0.15, -0.1) is 0 Å². The Morgan fingerprint density at radius 1 is 1.12 bits per heavy atom. The molecule has 0 saturated heterocycles. The molecule has 0 atom stereocenters. The van der Waals surface area contributed by atoms with Gasteiger partial charge in [-0.3, -0.25) is 4.79 Å². The highest BCUT2D eigenvalue weighted by Crippen LogP contribution is 2.32. The Morgan fingerprint density at radius 2 is 1.96 bits per heavy atom. The lowest BCUT2D eigenvalue weighted by atomic mass is 10.1. The Morgan fingerprint density at radius 3 is 2.83 bits per heavy atom. The van der Waals surface area contributed by atoms with Crippen molar-refractivity contribution in [2.45, 2.75) is 26.8 Å². The molecule has 1 amide bonds. The average Bonchev–Trinajstić information content (AvgIpc) is 3.04. The lowest BCUT2D eigenvalue weighted by molar-refractivity contribution is -0.121. The van der Waals surface area contributed by atoms with Crippen molar-refractivity contribution in [3.63, 3.8) is 0 Å². The number of nitrogens with one attached hydrogen (secondary N) is 2. The van der Waals surface area contributed by atoms with Crippen LogP contribution in [0.4, 0.5) is 5.69 Å². The van der Waals surface area contributed by atoms with Crippen LogP contribution in [0.25, 0.3) is 0 Å². The molecule has 1 aliphatic rings. The summed E-state index contributed by atoms with van der Waals surface area (Å²) in [7, 11) is 0. The summed E-state index contributed by atoms with van der Waals surface area (Å²) in [6.45, 7) is 5.52. The summed E-state index contributed by atoms with van der Waals surface area (Å²) in [5.41, 5.74) is 4.54. The summed E-state index contributed by atoms with van der Waals surface area (Å²) in [5, 5.41) is 6.25. The van der Waals surface area contributed by atoms with Crippen LogP contribution in [0.5, 0.6) is 11.5 Å². The number of hydrogen-bond acceptors (Lipinski definition) is 4. The molecule has 0 radical (unpaired) electrons. The van der Waals surface area contributed by atoms with E-state index >= 15 is 0 Å². The van der Waals surface area contributed by atoms with Gasteiger partial charge in [0.2, 0.25) is 12.7 Å². The molecule has 2 aromatic carbocycles. The van der Waals surface area contributed by atoms with E-state index in [0.29, 0.717) is 19.5 Å². The standard InChI is InChI=1S/C19H22N2O3/c1-13-4-3-5-16(14(13)2)20-9-8-19(22)21-11-15-6-7-17-18(10-15)24-12-23-17/h3-7,10,20H,8-9,11-12H2,1-2H3,(H,21,22). The van der Waals surface area contributed by atoms with Gasteiger partial charge in [0.1, 0.15) is 0 Å². The van der Waals surface area contributed by atoms with Crippen molar-refractivity contribution in [3.8, 4) is 11.5 Å². The van der Waals surface area contributed by atoms with Gasteiger partial charge in [0.15, 0.2) is 11.5 Å². The van der Waals surface area contributed by atoms with Crippen LogP contribution in [-0.2, 0) is 11.3 Å². The molecular formula is C19H22N2O3. The lowest BCUT2D eigenvalue weighted by Crippen LogP contribution is -2.25. The molecule has 0 aliphatic carbocycles. The Hall–Kier alpha value is -2.69. The first kappa shape index (κ1) is 16.2. The Labute approximate surface area is 142 Å². The van der Waals surface area contributed by atoms with Gasteiger partial charge in [-0.05, 0) is 48.7 Å². The van der Waals surface area contributed by atoms with E-state index < -0.39 is 0 Å². The first-order valence-electron chi connectivity index (χ1n) is 8.09. The molecule has 3 rings (SSSR count). The minimum Gasteiger partial charge on any atom is -0.454 e. The van der Waals surface area contributed by atoms with Crippen molar-refractivity contribution in [2.24, 2.45) is 0 Å². The lowest BCUT2D eigenvalue weighted by Gasteiger charge is -2.11. The zero-order chi connectivity index (χ0) is 16.9. The topological polar surface area (TPSA) is 59.6 Å². The van der Waals surface area contributed by atoms with Crippen molar-refractivity contribution >= 4 is 11.6 Å². The van der Waals surface area contributed by atoms with Gasteiger partial charge >= 0.3 is 0 Å². The molecule has 1 aliphatic heterocycles. The van der Waals surface area contributed by atoms with E-state index in [4.69, 9.17) is 9.47 Å². The van der Waals surface area contributed by atoms with Crippen molar-refractivity contribution in [1.29, 1.82) is 0 Å². The highest BCUT2D eigenvalue weighted by atomic mass is 16.7. The molecule has 2 aromatic rings. The first-order chi connectivity index (χ1) is 11.6. The normalized spacial score (nSPS) is 12.1. The van der Waals surface area contributed by atoms with E-state index in [1.54, 1.807) is 0 Å². The van der Waals surface area contributed by atoms with Gasteiger partial charge in [0.25, 0.3) is 0 Å². The average molecular weight is 326 g/mol. The predicted octanol–water partition coefficient (Wildman–Crippen LogP) is 3.15. The number of ether oxygens (including phenoxy) is 2. The third-order valence-corrected chi connectivity index (χ3v) is 4.20. The van der Waals surface area contributed by atoms with Gasteiger partial charge in [0, 0.05) is 25.2 Å². The number of anilines is 1. The Kier molecular flexibility index (Phi) is 4.89. The number of aryl methyl sites for hydroxylation is 1. The van der Waals surface area contributed by atoms with Crippen molar-refractivity contribution in [2.75, 3.05) is 18.7 Å². The van der Waals surface area contributed by atoms with Crippen molar-refractivity contribution < 1.29 is 14.3 Å². The largest absolute Gasteiger partial charge is 0.454 e. The molecule has 0 fully saturated rings. The van der Waals surface area contributed by atoms with Crippen LogP contribution < -0.4 is 20.1 Å². The number of carbonyl (C=O) groups excluding carboxylic acids is 1. The first-order valence-corrected chi connectivity index (χ1v) is 8.09. The Bertz CT molecular complexity index is 743. The maximum atomic E-state index is 12.0. The zero-order valence-electron chi connectivity index (χ0n) is 14.0. The Balaban J connectivity index is 1.44. The molecule has 0 saturated carbocycles. The van der Waals surface area contributed by atoms with Gasteiger partial charge in [0.05, 0.1) is 0 Å². The number of hydrogen-bond donors (Lipinski definition) is 2. The molecule has 0 bridgehead atoms. The van der Waals surface area contributed by atoms with E-state index in [1.165, 1.54) is 11.1 Å². The highest BCUT2D eigenvalue weighted by Gasteiger charge is 2.13. The fourth-order valence-electron chi connectivity index (χ4n) is 2.59. The third-order valence-electron chi connectivity index (χ3n) is 4.20. The molecule has 126 valence electrons. The smallest absolute Gasteiger partial charge is 0.231 e. The SMILES string of the molecule is Cc1cccc(NCCC(=O)NCc2ccc3c(c2)OCO3)c1C. The van der Waals surface area contributed by atoms with E-state index in [2.05, 4.69) is 30.5 Å². The molecular weight excluding hydrogens is 304 g/mol. The van der Waals surface area contributed by atoms with Crippen molar-refractivity contribution in [3.05, 3.63) is 53.1 Å². The monoisotopic (exact) mass is 326 g/mol. The van der Waals surface area contributed by atoms with Crippen molar-refractivity contribution in [1.82, 2.24) is 5.32 Å². The van der Waals surface area contributed by atoms with Crippen LogP contribution in [0.2, 0.25) is 0 Å². The summed E-state index contributed by atoms with van der Waals surface area (Å²) >= 11 is 0. The van der Waals surface area contributed by atoms with Gasteiger partial charge in [-0.25, -0.2) is 0 Å². The van der Waals surface area contributed by atoms with Gasteiger partial charge < -0.3 is 20.1 Å². The second kappa shape index (κ2) is 7.25. The van der Waals surface area contributed by atoms with Crippen LogP contribution in [0.3, 0.4) is 0 Å². The molecule has 0 spiro atoms. The fraction of sp³-hybridized carbons (Fsp3) is 0.316. The molecule has 0 unspecified atom stereocenters. The molecule has 1 heterocycles. The molecule has 2 N–H and O–H groups in total. The highest BCUT2D eigenvalue weighted by molar-refractivity contribution is 5.76. The maximum Gasteiger partial charge on any atom is 0.231 e. The van der Waals surface area contributed by atoms with Crippen LogP contribution in [0, 0.1) is 13.8 Å². The summed E-state index contributed by atoms with van der Waals surface area (Å²) < 4.78 is 10.6. The summed E-state index contributed by atoms with van der Waals surface area (Å²) in [6.07, 6.45) is 0.429. The zero-order valence-corrected chi connectivity index (χ0v) is 14.0. The van der Waals surface area contributed by atoms with E-state index in [1.807, 2.05) is 30.3 Å². The quantitative estimate of drug-likeness (QED) is 0.856. The molecule has 0 aromatic heterocycles. The minimum atomic E-state index is 0.0190. The van der Waals surface area contributed by atoms with Gasteiger partial charge in [-0.1, -0.05) is 18.2 Å². The van der Waals surface area contributed by atoms with Gasteiger partial charge in [-0.2, -0.15) is 0 Å². The number of rotatable bonds is 6. The van der Waals surface area contributed by atoms with E-state index in [9.17, 15) is 4.79 Å². The maximum absolute atomic E-state index is 12.0. The fourth-order valence-corrected chi connectivity index (χ4v) is 2.59. The predicted molar refractivity (Wildman–Crippen MR) is 93.4 cm³/mol. The number of carbonyl (C=O) groups is 1. The number of amides is 1. The number of benzene rings is 2. The summed E-state index contributed by atoms with van der Waals surface area (Å²) in [5.74, 6) is 1.51. The second-order valence-corrected chi connectivity index (χ2v) is 5.89. The van der Waals surface area contributed by atoms with Crippen LogP contribution in [0.1, 0.15) is 23.1 Å².